The fraction of sp³-hybridized carbons (Fsp3) is 0.500. The normalized spacial score (nSPS) is 21.0. The van der Waals surface area contributed by atoms with Crippen LogP contribution in [-0.4, -0.2) is 36.6 Å². The lowest BCUT2D eigenvalue weighted by molar-refractivity contribution is -0.122. The van der Waals surface area contributed by atoms with Crippen LogP contribution in [0.25, 0.3) is 0 Å². The highest BCUT2D eigenvalue weighted by atomic mass is 32.2. The molecule has 172 valence electrons. The van der Waals surface area contributed by atoms with Crippen molar-refractivity contribution in [1.82, 2.24) is 4.31 Å². The van der Waals surface area contributed by atoms with Gasteiger partial charge in [0.2, 0.25) is 5.91 Å². The van der Waals surface area contributed by atoms with Crippen molar-refractivity contribution in [2.24, 2.45) is 0 Å². The number of hydrogen-bond donors (Lipinski definition) is 0. The molecular formula is C24H30N2O4S2. The first-order valence-electron chi connectivity index (χ1n) is 11.3. The van der Waals surface area contributed by atoms with Gasteiger partial charge in [-0.3, -0.25) is 9.59 Å². The Labute approximate surface area is 194 Å². The predicted molar refractivity (Wildman–Crippen MR) is 126 cm³/mol. The number of carbonyl (C=O) groups is 2. The summed E-state index contributed by atoms with van der Waals surface area (Å²) >= 11 is 1.15. The van der Waals surface area contributed by atoms with E-state index in [2.05, 4.69) is 13.8 Å². The van der Waals surface area contributed by atoms with Crippen LogP contribution in [0.2, 0.25) is 0 Å². The Kier molecular flexibility index (Phi) is 6.83. The van der Waals surface area contributed by atoms with Crippen molar-refractivity contribution in [2.75, 3.05) is 4.90 Å². The van der Waals surface area contributed by atoms with Crippen LogP contribution in [0.4, 0.5) is 5.69 Å². The van der Waals surface area contributed by atoms with Crippen molar-refractivity contribution in [1.29, 1.82) is 0 Å². The Hall–Kier alpha value is -2.03. The van der Waals surface area contributed by atoms with E-state index in [0.717, 1.165) is 42.6 Å². The number of thiophene rings is 1. The SMILES string of the molecule is CC(C)c1ccc(N2C(=O)CC(N(C3CCCCCC3)S(=O)(=O)c3cccs3)C2=O)cc1. The molecule has 0 bridgehead atoms. The number of amides is 2. The molecule has 1 unspecified atom stereocenters. The van der Waals surface area contributed by atoms with Gasteiger partial charge in [-0.05, 0) is 47.9 Å². The lowest BCUT2D eigenvalue weighted by Crippen LogP contribution is -2.50. The zero-order valence-corrected chi connectivity index (χ0v) is 20.2. The quantitative estimate of drug-likeness (QED) is 0.440. The first-order valence-corrected chi connectivity index (χ1v) is 13.7. The molecule has 1 aliphatic heterocycles. The maximum Gasteiger partial charge on any atom is 0.253 e. The second kappa shape index (κ2) is 9.45. The van der Waals surface area contributed by atoms with Crippen molar-refractivity contribution in [3.05, 3.63) is 47.3 Å². The number of anilines is 1. The van der Waals surface area contributed by atoms with E-state index in [9.17, 15) is 18.0 Å². The second-order valence-electron chi connectivity index (χ2n) is 8.95. The summed E-state index contributed by atoms with van der Waals surface area (Å²) in [7, 11) is -3.88. The molecule has 1 aromatic heterocycles. The average molecular weight is 475 g/mol. The van der Waals surface area contributed by atoms with E-state index < -0.39 is 22.0 Å². The van der Waals surface area contributed by atoms with Gasteiger partial charge in [-0.1, -0.05) is 57.7 Å². The zero-order valence-electron chi connectivity index (χ0n) is 18.6. The average Bonchev–Trinajstić information content (AvgIpc) is 3.31. The molecule has 8 heteroatoms. The van der Waals surface area contributed by atoms with E-state index >= 15 is 0 Å². The summed E-state index contributed by atoms with van der Waals surface area (Å²) in [5.41, 5.74) is 1.62. The van der Waals surface area contributed by atoms with Crippen molar-refractivity contribution < 1.29 is 18.0 Å². The smallest absolute Gasteiger partial charge is 0.253 e. The van der Waals surface area contributed by atoms with E-state index in [1.165, 1.54) is 9.21 Å². The number of rotatable bonds is 6. The van der Waals surface area contributed by atoms with E-state index in [1.54, 1.807) is 29.6 Å². The molecular weight excluding hydrogens is 444 g/mol. The van der Waals surface area contributed by atoms with E-state index in [0.29, 0.717) is 24.4 Å². The van der Waals surface area contributed by atoms with Crippen LogP contribution < -0.4 is 4.90 Å². The lowest BCUT2D eigenvalue weighted by Gasteiger charge is -2.33. The van der Waals surface area contributed by atoms with Crippen molar-refractivity contribution in [3.8, 4) is 0 Å². The number of imide groups is 1. The third-order valence-electron chi connectivity index (χ3n) is 6.46. The van der Waals surface area contributed by atoms with Gasteiger partial charge in [-0.2, -0.15) is 4.31 Å². The molecule has 0 N–H and O–H groups in total. The molecule has 2 aromatic rings. The van der Waals surface area contributed by atoms with Gasteiger partial charge >= 0.3 is 0 Å². The molecule has 0 radical (unpaired) electrons. The van der Waals surface area contributed by atoms with Crippen LogP contribution >= 0.6 is 11.3 Å². The molecule has 2 heterocycles. The van der Waals surface area contributed by atoms with Gasteiger partial charge in [-0.15, -0.1) is 11.3 Å². The largest absolute Gasteiger partial charge is 0.274 e. The van der Waals surface area contributed by atoms with Gasteiger partial charge in [-0.25, -0.2) is 13.3 Å². The minimum absolute atomic E-state index is 0.119. The topological polar surface area (TPSA) is 74.8 Å². The highest BCUT2D eigenvalue weighted by Crippen LogP contribution is 2.36. The van der Waals surface area contributed by atoms with Gasteiger partial charge in [0.05, 0.1) is 12.1 Å². The standard InChI is InChI=1S/C24H30N2O4S2/c1-17(2)18-11-13-19(14-12-18)25-22(27)16-21(24(25)28)26(20-8-5-3-4-6-9-20)32(29,30)23-10-7-15-31-23/h7,10-15,17,20-21H,3-6,8-9,16H2,1-2H3. The molecule has 1 aliphatic carbocycles. The van der Waals surface area contributed by atoms with Gasteiger partial charge in [0.1, 0.15) is 10.3 Å². The fourth-order valence-electron chi connectivity index (χ4n) is 4.74. The highest BCUT2D eigenvalue weighted by molar-refractivity contribution is 7.91. The molecule has 1 aromatic carbocycles. The Bertz CT molecular complexity index is 1050. The highest BCUT2D eigenvalue weighted by Gasteiger charge is 2.49. The van der Waals surface area contributed by atoms with Crippen LogP contribution in [-0.2, 0) is 19.6 Å². The van der Waals surface area contributed by atoms with Crippen LogP contribution in [0.15, 0.2) is 46.0 Å². The molecule has 1 saturated heterocycles. The molecule has 4 rings (SSSR count). The van der Waals surface area contributed by atoms with Crippen LogP contribution in [0.1, 0.15) is 70.3 Å². The number of hydrogen-bond acceptors (Lipinski definition) is 5. The summed E-state index contributed by atoms with van der Waals surface area (Å²) in [5, 5.41) is 1.72. The van der Waals surface area contributed by atoms with Crippen LogP contribution in [0.3, 0.4) is 0 Å². The van der Waals surface area contributed by atoms with Crippen molar-refractivity contribution in [3.63, 3.8) is 0 Å². The maximum atomic E-state index is 13.7. The summed E-state index contributed by atoms with van der Waals surface area (Å²) < 4.78 is 28.9. The molecule has 2 aliphatic rings. The number of sulfonamides is 1. The molecule has 1 saturated carbocycles. The molecule has 32 heavy (non-hydrogen) atoms. The lowest BCUT2D eigenvalue weighted by atomic mass is 10.0. The third-order valence-corrected chi connectivity index (χ3v) is 9.79. The molecule has 1 atom stereocenters. The molecule has 2 amide bonds. The Morgan fingerprint density at radius 2 is 1.66 bits per heavy atom. The number of benzene rings is 1. The molecule has 6 nitrogen and oxygen atoms in total. The van der Waals surface area contributed by atoms with E-state index in [-0.39, 0.29) is 22.6 Å². The van der Waals surface area contributed by atoms with Gasteiger partial charge in [0.25, 0.3) is 15.9 Å². The monoisotopic (exact) mass is 474 g/mol. The summed E-state index contributed by atoms with van der Waals surface area (Å²) in [4.78, 5) is 27.7. The van der Waals surface area contributed by atoms with E-state index in [1.807, 2.05) is 12.1 Å². The van der Waals surface area contributed by atoms with Crippen molar-refractivity contribution in [2.45, 2.75) is 81.0 Å². The predicted octanol–water partition coefficient (Wildman–Crippen LogP) is 4.92. The summed E-state index contributed by atoms with van der Waals surface area (Å²) in [6.45, 7) is 4.16. The summed E-state index contributed by atoms with van der Waals surface area (Å²) in [6.07, 6.45) is 5.29. The second-order valence-corrected chi connectivity index (χ2v) is 12.0. The molecule has 0 spiro atoms. The first-order chi connectivity index (χ1) is 15.3. The minimum Gasteiger partial charge on any atom is -0.274 e. The maximum absolute atomic E-state index is 13.7. The fourth-order valence-corrected chi connectivity index (χ4v) is 7.66. The Morgan fingerprint density at radius 1 is 1.00 bits per heavy atom. The van der Waals surface area contributed by atoms with Crippen LogP contribution in [0, 0.1) is 0 Å². The van der Waals surface area contributed by atoms with E-state index in [4.69, 9.17) is 0 Å². The number of nitrogens with zero attached hydrogens (tertiary/aromatic N) is 2. The third kappa shape index (κ3) is 4.40. The summed E-state index contributed by atoms with van der Waals surface area (Å²) in [5.74, 6) is -0.461. The first kappa shape index (κ1) is 23.1. The molecule has 2 fully saturated rings. The van der Waals surface area contributed by atoms with Gasteiger partial charge < -0.3 is 0 Å². The zero-order chi connectivity index (χ0) is 22.9. The Morgan fingerprint density at radius 3 is 2.22 bits per heavy atom. The number of carbonyl (C=O) groups excluding carboxylic acids is 2. The van der Waals surface area contributed by atoms with Gasteiger partial charge in [0, 0.05) is 6.04 Å². The van der Waals surface area contributed by atoms with Crippen molar-refractivity contribution >= 4 is 38.9 Å². The summed E-state index contributed by atoms with van der Waals surface area (Å²) in [6, 6.07) is 9.39. The minimum atomic E-state index is -3.88. The van der Waals surface area contributed by atoms with Gasteiger partial charge in [0.15, 0.2) is 0 Å². The van der Waals surface area contributed by atoms with Crippen LogP contribution in [0.5, 0.6) is 0 Å². The Balaban J connectivity index is 1.70.